The number of hydrogen-bond donors (Lipinski definition) is 4. The smallest absolute Gasteiger partial charge is 0.308 e. The van der Waals surface area contributed by atoms with Crippen molar-refractivity contribution in [2.75, 3.05) is 60.2 Å². The van der Waals surface area contributed by atoms with Crippen LogP contribution in [0.2, 0.25) is 0 Å². The molecule has 11 heteroatoms. The number of nitrogens with zero attached hydrogens (tertiary/aromatic N) is 1. The summed E-state index contributed by atoms with van der Waals surface area (Å²) >= 11 is 0. The summed E-state index contributed by atoms with van der Waals surface area (Å²) < 4.78 is 15.8. The molecular weight excluding hydrogens is 588 g/mol. The number of carbonyl (C=O) groups is 3. The van der Waals surface area contributed by atoms with Crippen LogP contribution in [0.1, 0.15) is 76.6 Å². The van der Waals surface area contributed by atoms with E-state index in [1.807, 2.05) is 26.0 Å². The Morgan fingerprint density at radius 1 is 0.978 bits per heavy atom. The van der Waals surface area contributed by atoms with Crippen LogP contribution in [-0.4, -0.2) is 100 Å². The number of methoxy groups -OCH3 is 2. The number of aliphatic hydroxyl groups excluding tert-OH is 1. The third-order valence-corrected chi connectivity index (χ3v) is 9.16. The van der Waals surface area contributed by atoms with Crippen molar-refractivity contribution in [3.8, 4) is 5.75 Å². The van der Waals surface area contributed by atoms with Crippen LogP contribution >= 0.6 is 0 Å². The maximum Gasteiger partial charge on any atom is 0.308 e. The molecule has 0 aromatic heterocycles. The molecule has 11 nitrogen and oxygen atoms in total. The molecule has 0 bridgehead atoms. The molecule has 2 rings (SSSR count). The van der Waals surface area contributed by atoms with Gasteiger partial charge in [0.25, 0.3) is 5.91 Å². The number of likely N-dealkylation sites (tertiary alicyclic amines) is 1. The number of piperidine rings is 1. The van der Waals surface area contributed by atoms with Crippen molar-refractivity contribution in [1.29, 1.82) is 0 Å². The number of unbranched alkanes of at least 4 members (excludes halogenated alkanes) is 1. The van der Waals surface area contributed by atoms with Gasteiger partial charge in [-0.1, -0.05) is 39.8 Å². The summed E-state index contributed by atoms with van der Waals surface area (Å²) in [5.41, 5.74) is 7.00. The number of benzene rings is 1. The second-order valence-corrected chi connectivity index (χ2v) is 13.2. The minimum absolute atomic E-state index is 0.0279. The molecule has 0 spiro atoms. The lowest BCUT2D eigenvalue weighted by atomic mass is 9.83. The molecule has 1 saturated heterocycles. The molecule has 0 aliphatic carbocycles. The van der Waals surface area contributed by atoms with E-state index >= 15 is 0 Å². The maximum atomic E-state index is 13.1. The summed E-state index contributed by atoms with van der Waals surface area (Å²) in [6.07, 6.45) is 3.15. The zero-order chi connectivity index (χ0) is 34.1. The Bertz CT molecular complexity index is 1050. The van der Waals surface area contributed by atoms with Gasteiger partial charge in [0, 0.05) is 45.3 Å². The molecule has 1 fully saturated rings. The standard InChI is InChI=1S/C35H60N4O7/c1-24(2)27(23-38-33(41)28-11-7-8-12-32(28)46-20-10-9-19-44-5)21-30(36)31(40)22-29(25(3)4)34(42)37-15-18-39-16-13-26(14-17-39)35(43)45-6/h7-8,11-12,24-27,29-31,40H,9-10,13-23,36H2,1-6H3,(H,37,42)(H,38,41)/t27?,29-,30?,31-/m0/s1. The first-order valence-electron chi connectivity index (χ1n) is 17.0. The van der Waals surface area contributed by atoms with Crippen molar-refractivity contribution in [1.82, 2.24) is 15.5 Å². The highest BCUT2D eigenvalue weighted by Crippen LogP contribution is 2.24. The molecule has 1 heterocycles. The number of nitrogens with two attached hydrogens (primary N) is 1. The monoisotopic (exact) mass is 648 g/mol. The lowest BCUT2D eigenvalue weighted by Crippen LogP contribution is -2.45. The number of amides is 2. The fourth-order valence-electron chi connectivity index (χ4n) is 5.87. The van der Waals surface area contributed by atoms with Crippen molar-refractivity contribution in [3.05, 3.63) is 29.8 Å². The molecule has 4 atom stereocenters. The Balaban J connectivity index is 1.84. The first kappa shape index (κ1) is 39.4. The second kappa shape index (κ2) is 21.2. The van der Waals surface area contributed by atoms with E-state index in [9.17, 15) is 19.5 Å². The van der Waals surface area contributed by atoms with E-state index in [1.165, 1.54) is 7.11 Å². The van der Waals surface area contributed by atoms with Gasteiger partial charge in [-0.3, -0.25) is 14.4 Å². The molecule has 1 aliphatic rings. The quantitative estimate of drug-likeness (QED) is 0.116. The van der Waals surface area contributed by atoms with E-state index in [4.69, 9.17) is 19.9 Å². The average Bonchev–Trinajstić information content (AvgIpc) is 3.04. The van der Waals surface area contributed by atoms with Gasteiger partial charge in [-0.25, -0.2) is 0 Å². The highest BCUT2D eigenvalue weighted by atomic mass is 16.5. The number of rotatable bonds is 21. The predicted octanol–water partition coefficient (Wildman–Crippen LogP) is 3.24. The van der Waals surface area contributed by atoms with Gasteiger partial charge in [0.1, 0.15) is 5.75 Å². The average molecular weight is 649 g/mol. The molecule has 1 aromatic carbocycles. The van der Waals surface area contributed by atoms with Crippen LogP contribution in [0.25, 0.3) is 0 Å². The summed E-state index contributed by atoms with van der Waals surface area (Å²) in [6, 6.07) is 6.67. The second-order valence-electron chi connectivity index (χ2n) is 13.2. The summed E-state index contributed by atoms with van der Waals surface area (Å²) in [6.45, 7) is 12.5. The molecule has 2 unspecified atom stereocenters. The van der Waals surface area contributed by atoms with Crippen molar-refractivity contribution >= 4 is 17.8 Å². The summed E-state index contributed by atoms with van der Waals surface area (Å²) in [5.74, 6) is -0.0458. The fourth-order valence-corrected chi connectivity index (χ4v) is 5.87. The largest absolute Gasteiger partial charge is 0.493 e. The van der Waals surface area contributed by atoms with Gasteiger partial charge < -0.3 is 40.6 Å². The van der Waals surface area contributed by atoms with Gasteiger partial charge in [-0.15, -0.1) is 0 Å². The van der Waals surface area contributed by atoms with Crippen molar-refractivity contribution in [2.45, 2.75) is 78.4 Å². The van der Waals surface area contributed by atoms with Crippen LogP contribution in [0, 0.1) is 29.6 Å². The van der Waals surface area contributed by atoms with Crippen LogP contribution in [0.5, 0.6) is 5.75 Å². The number of nitrogens with one attached hydrogen (secondary N) is 2. The molecule has 2 amide bonds. The van der Waals surface area contributed by atoms with E-state index in [2.05, 4.69) is 29.4 Å². The first-order chi connectivity index (χ1) is 22.0. The number of para-hydroxylation sites is 1. The third kappa shape index (κ3) is 13.6. The number of carbonyl (C=O) groups excluding carboxylic acids is 3. The lowest BCUT2D eigenvalue weighted by Gasteiger charge is -2.31. The predicted molar refractivity (Wildman–Crippen MR) is 179 cm³/mol. The van der Waals surface area contributed by atoms with Gasteiger partial charge in [-0.05, 0) is 81.5 Å². The van der Waals surface area contributed by atoms with Crippen LogP contribution in [0.3, 0.4) is 0 Å². The highest BCUT2D eigenvalue weighted by molar-refractivity contribution is 5.96. The van der Waals surface area contributed by atoms with Crippen LogP contribution in [0.4, 0.5) is 0 Å². The normalized spacial score (nSPS) is 16.9. The van der Waals surface area contributed by atoms with Crippen LogP contribution in [-0.2, 0) is 19.1 Å². The molecular formula is C35H60N4O7. The molecule has 0 saturated carbocycles. The van der Waals surface area contributed by atoms with E-state index in [0.29, 0.717) is 50.6 Å². The van der Waals surface area contributed by atoms with Gasteiger partial charge in [0.2, 0.25) is 5.91 Å². The maximum absolute atomic E-state index is 13.1. The van der Waals surface area contributed by atoms with Crippen LogP contribution in [0.15, 0.2) is 24.3 Å². The van der Waals surface area contributed by atoms with Crippen molar-refractivity contribution in [3.63, 3.8) is 0 Å². The van der Waals surface area contributed by atoms with E-state index in [-0.39, 0.29) is 53.8 Å². The van der Waals surface area contributed by atoms with Gasteiger partial charge >= 0.3 is 5.97 Å². The number of ether oxygens (including phenoxy) is 3. The Morgan fingerprint density at radius 3 is 2.28 bits per heavy atom. The Morgan fingerprint density at radius 2 is 1.65 bits per heavy atom. The van der Waals surface area contributed by atoms with E-state index in [0.717, 1.165) is 38.8 Å². The van der Waals surface area contributed by atoms with E-state index in [1.54, 1.807) is 19.2 Å². The third-order valence-electron chi connectivity index (χ3n) is 9.16. The molecule has 262 valence electrons. The van der Waals surface area contributed by atoms with Gasteiger partial charge in [0.15, 0.2) is 0 Å². The summed E-state index contributed by atoms with van der Waals surface area (Å²) in [4.78, 5) is 40.3. The molecule has 46 heavy (non-hydrogen) atoms. The molecule has 5 N–H and O–H groups in total. The van der Waals surface area contributed by atoms with E-state index < -0.39 is 12.1 Å². The zero-order valence-electron chi connectivity index (χ0n) is 29.0. The Labute approximate surface area is 276 Å². The topological polar surface area (TPSA) is 152 Å². The molecule has 1 aromatic rings. The minimum atomic E-state index is -0.861. The molecule has 1 aliphatic heterocycles. The molecule has 0 radical (unpaired) electrons. The fraction of sp³-hybridized carbons (Fsp3) is 0.743. The Hall–Kier alpha value is -2.73. The highest BCUT2D eigenvalue weighted by Gasteiger charge is 2.30. The van der Waals surface area contributed by atoms with Gasteiger partial charge in [0.05, 0.1) is 31.3 Å². The van der Waals surface area contributed by atoms with Crippen LogP contribution < -0.4 is 21.1 Å². The number of esters is 1. The number of hydrogen-bond acceptors (Lipinski definition) is 9. The summed E-state index contributed by atoms with van der Waals surface area (Å²) in [7, 11) is 3.10. The van der Waals surface area contributed by atoms with Crippen molar-refractivity contribution in [2.24, 2.45) is 35.3 Å². The van der Waals surface area contributed by atoms with Crippen molar-refractivity contribution < 1.29 is 33.7 Å². The summed E-state index contributed by atoms with van der Waals surface area (Å²) in [5, 5.41) is 17.2. The van der Waals surface area contributed by atoms with Gasteiger partial charge in [-0.2, -0.15) is 0 Å². The minimum Gasteiger partial charge on any atom is -0.493 e. The number of aliphatic hydroxyl groups is 1. The lowest BCUT2D eigenvalue weighted by molar-refractivity contribution is -0.147. The zero-order valence-corrected chi connectivity index (χ0v) is 29.0. The Kier molecular flexibility index (Phi) is 18.2. The first-order valence-corrected chi connectivity index (χ1v) is 17.0. The SMILES string of the molecule is COCCCCOc1ccccc1C(=O)NCC(CC(N)[C@@H](O)C[C@H](C(=O)NCCN1CCC(C(=O)OC)CC1)C(C)C)C(C)C.